The van der Waals surface area contributed by atoms with E-state index in [9.17, 15) is 14.4 Å². The maximum Gasteiger partial charge on any atom is 0.331 e. The zero-order chi connectivity index (χ0) is 19.6. The molecule has 142 valence electrons. The predicted molar refractivity (Wildman–Crippen MR) is 93.9 cm³/mol. The molecule has 0 aliphatic carbocycles. The molecule has 0 fully saturated rings. The molecule has 2 rings (SSSR count). The first-order chi connectivity index (χ1) is 13.0. The van der Waals surface area contributed by atoms with E-state index < -0.39 is 24.4 Å². The number of ether oxygens (including phenoxy) is 3. The van der Waals surface area contributed by atoms with E-state index in [-0.39, 0.29) is 5.56 Å². The normalized spacial score (nSPS) is 10.3. The average molecular weight is 374 g/mol. The van der Waals surface area contributed by atoms with Crippen LogP contribution >= 0.6 is 0 Å². The molecule has 9 heteroatoms. The maximum atomic E-state index is 12.0. The summed E-state index contributed by atoms with van der Waals surface area (Å²) < 4.78 is 19.9. The van der Waals surface area contributed by atoms with Gasteiger partial charge in [-0.05, 0) is 36.4 Å². The van der Waals surface area contributed by atoms with Crippen LogP contribution in [0.5, 0.6) is 11.5 Å². The minimum absolute atomic E-state index is 0.242. The molecule has 0 atom stereocenters. The number of hydrazine groups is 1. The molecule has 9 nitrogen and oxygen atoms in total. The van der Waals surface area contributed by atoms with E-state index in [1.165, 1.54) is 38.7 Å². The van der Waals surface area contributed by atoms with Gasteiger partial charge in [0.15, 0.2) is 18.1 Å². The molecular formula is C18H18N2O7. The molecule has 2 N–H and O–H groups in total. The Balaban J connectivity index is 1.77. The number of carbonyl (C=O) groups is 3. The van der Waals surface area contributed by atoms with Gasteiger partial charge in [0.2, 0.25) is 0 Å². The fourth-order valence-electron chi connectivity index (χ4n) is 1.93. The van der Waals surface area contributed by atoms with Gasteiger partial charge < -0.3 is 18.6 Å². The SMILES string of the molecule is COc1ccc(C(=O)NNC(=O)COC(=O)/C=C/c2ccco2)cc1OC. The number of amides is 2. The minimum atomic E-state index is -0.729. The summed E-state index contributed by atoms with van der Waals surface area (Å²) in [6.45, 7) is -0.562. The van der Waals surface area contributed by atoms with Crippen molar-refractivity contribution in [2.24, 2.45) is 0 Å². The highest BCUT2D eigenvalue weighted by Gasteiger charge is 2.12. The smallest absolute Gasteiger partial charge is 0.331 e. The monoisotopic (exact) mass is 374 g/mol. The van der Waals surface area contributed by atoms with Crippen molar-refractivity contribution in [3.63, 3.8) is 0 Å². The lowest BCUT2D eigenvalue weighted by molar-refractivity contribution is -0.144. The Bertz CT molecular complexity index is 828. The first-order valence-corrected chi connectivity index (χ1v) is 7.73. The van der Waals surface area contributed by atoms with E-state index in [4.69, 9.17) is 18.6 Å². The van der Waals surface area contributed by atoms with E-state index in [0.29, 0.717) is 17.3 Å². The van der Waals surface area contributed by atoms with Crippen molar-refractivity contribution in [3.8, 4) is 11.5 Å². The number of hydrogen-bond acceptors (Lipinski definition) is 7. The highest BCUT2D eigenvalue weighted by atomic mass is 16.5. The molecule has 27 heavy (non-hydrogen) atoms. The van der Waals surface area contributed by atoms with Crippen LogP contribution in [-0.4, -0.2) is 38.6 Å². The first kappa shape index (κ1) is 19.6. The van der Waals surface area contributed by atoms with Crippen molar-refractivity contribution in [2.45, 2.75) is 0 Å². The van der Waals surface area contributed by atoms with Gasteiger partial charge in [-0.3, -0.25) is 20.4 Å². The highest BCUT2D eigenvalue weighted by Crippen LogP contribution is 2.27. The summed E-state index contributed by atoms with van der Waals surface area (Å²) in [6, 6.07) is 7.84. The molecule has 2 aromatic rings. The number of furan rings is 1. The largest absolute Gasteiger partial charge is 0.493 e. The van der Waals surface area contributed by atoms with Gasteiger partial charge in [0, 0.05) is 11.6 Å². The fraction of sp³-hybridized carbons (Fsp3) is 0.167. The number of hydrogen-bond donors (Lipinski definition) is 2. The second kappa shape index (κ2) is 9.66. The second-order valence-corrected chi connectivity index (χ2v) is 5.03. The third-order valence-electron chi connectivity index (χ3n) is 3.23. The third kappa shape index (κ3) is 5.92. The molecule has 0 saturated heterocycles. The number of carbonyl (C=O) groups excluding carboxylic acids is 3. The van der Waals surface area contributed by atoms with Crippen LogP contribution in [0.3, 0.4) is 0 Å². The Morgan fingerprint density at radius 1 is 1.07 bits per heavy atom. The van der Waals surface area contributed by atoms with Crippen LogP contribution in [0, 0.1) is 0 Å². The summed E-state index contributed by atoms with van der Waals surface area (Å²) in [5.74, 6) is -0.704. The number of esters is 1. The van der Waals surface area contributed by atoms with Crippen LogP contribution in [-0.2, 0) is 14.3 Å². The quantitative estimate of drug-likeness (QED) is 0.426. The van der Waals surface area contributed by atoms with Crippen LogP contribution in [0.4, 0.5) is 0 Å². The molecular weight excluding hydrogens is 356 g/mol. The predicted octanol–water partition coefficient (Wildman–Crippen LogP) is 1.31. The number of benzene rings is 1. The molecule has 0 bridgehead atoms. The molecule has 1 heterocycles. The summed E-state index contributed by atoms with van der Waals surface area (Å²) in [5.41, 5.74) is 4.59. The molecule has 0 aliphatic rings. The Labute approximate surface area is 154 Å². The van der Waals surface area contributed by atoms with Gasteiger partial charge in [-0.2, -0.15) is 0 Å². The van der Waals surface area contributed by atoms with Crippen molar-refractivity contribution < 1.29 is 33.0 Å². The molecule has 0 spiro atoms. The van der Waals surface area contributed by atoms with Crippen LogP contribution < -0.4 is 20.3 Å². The van der Waals surface area contributed by atoms with E-state index >= 15 is 0 Å². The highest BCUT2D eigenvalue weighted by molar-refractivity contribution is 5.96. The van der Waals surface area contributed by atoms with E-state index in [1.54, 1.807) is 18.2 Å². The third-order valence-corrected chi connectivity index (χ3v) is 3.23. The van der Waals surface area contributed by atoms with E-state index in [0.717, 1.165) is 6.08 Å². The average Bonchev–Trinajstić information content (AvgIpc) is 3.21. The minimum Gasteiger partial charge on any atom is -0.493 e. The topological polar surface area (TPSA) is 116 Å². The molecule has 1 aromatic heterocycles. The van der Waals surface area contributed by atoms with Gasteiger partial charge in [-0.15, -0.1) is 0 Å². The van der Waals surface area contributed by atoms with Gasteiger partial charge in [0.1, 0.15) is 5.76 Å². The second-order valence-electron chi connectivity index (χ2n) is 5.03. The standard InChI is InChI=1S/C18H18N2O7/c1-24-14-7-5-12(10-15(14)25-2)18(23)20-19-16(21)11-27-17(22)8-6-13-4-3-9-26-13/h3-10H,11H2,1-2H3,(H,19,21)(H,20,23)/b8-6+. The number of nitrogens with one attached hydrogen (secondary N) is 2. The van der Waals surface area contributed by atoms with Crippen LogP contribution in [0.15, 0.2) is 47.1 Å². The van der Waals surface area contributed by atoms with Crippen molar-refractivity contribution in [1.29, 1.82) is 0 Å². The number of methoxy groups -OCH3 is 2. The molecule has 2 amide bonds. The van der Waals surface area contributed by atoms with Crippen molar-refractivity contribution >= 4 is 23.9 Å². The summed E-state index contributed by atoms with van der Waals surface area (Å²) in [6.07, 6.45) is 3.98. The van der Waals surface area contributed by atoms with Gasteiger partial charge in [-0.1, -0.05) is 0 Å². The van der Waals surface area contributed by atoms with Gasteiger partial charge >= 0.3 is 5.97 Å². The van der Waals surface area contributed by atoms with E-state index in [1.807, 2.05) is 0 Å². The van der Waals surface area contributed by atoms with E-state index in [2.05, 4.69) is 10.9 Å². The fourth-order valence-corrected chi connectivity index (χ4v) is 1.93. The summed E-state index contributed by atoms with van der Waals surface area (Å²) >= 11 is 0. The van der Waals surface area contributed by atoms with Crippen molar-refractivity contribution in [2.75, 3.05) is 20.8 Å². The number of rotatable bonds is 7. The van der Waals surface area contributed by atoms with Crippen molar-refractivity contribution in [1.82, 2.24) is 10.9 Å². The van der Waals surface area contributed by atoms with Crippen LogP contribution in [0.1, 0.15) is 16.1 Å². The Morgan fingerprint density at radius 3 is 2.52 bits per heavy atom. The lowest BCUT2D eigenvalue weighted by Gasteiger charge is -2.10. The molecule has 0 aliphatic heterocycles. The maximum absolute atomic E-state index is 12.0. The van der Waals surface area contributed by atoms with Crippen LogP contribution in [0.25, 0.3) is 6.08 Å². The summed E-state index contributed by atoms with van der Waals surface area (Å²) in [4.78, 5) is 35.2. The van der Waals surface area contributed by atoms with Gasteiger partial charge in [0.25, 0.3) is 11.8 Å². The Morgan fingerprint density at radius 2 is 1.85 bits per heavy atom. The van der Waals surface area contributed by atoms with Gasteiger partial charge in [-0.25, -0.2) is 4.79 Å². The lowest BCUT2D eigenvalue weighted by Crippen LogP contribution is -2.43. The lowest BCUT2D eigenvalue weighted by atomic mass is 10.2. The molecule has 0 unspecified atom stereocenters. The summed E-state index contributed by atoms with van der Waals surface area (Å²) in [5, 5.41) is 0. The zero-order valence-electron chi connectivity index (χ0n) is 14.7. The van der Waals surface area contributed by atoms with Crippen molar-refractivity contribution in [3.05, 3.63) is 54.0 Å². The molecule has 1 aromatic carbocycles. The Kier molecular flexibility index (Phi) is 7.00. The first-order valence-electron chi connectivity index (χ1n) is 7.73. The summed E-state index contributed by atoms with van der Waals surface area (Å²) in [7, 11) is 2.92. The molecule has 0 radical (unpaired) electrons. The van der Waals surface area contributed by atoms with Crippen LogP contribution in [0.2, 0.25) is 0 Å². The molecule has 0 saturated carbocycles. The Hall–Kier alpha value is -3.75. The zero-order valence-corrected chi connectivity index (χ0v) is 14.7. The van der Waals surface area contributed by atoms with Gasteiger partial charge in [0.05, 0.1) is 20.5 Å².